The minimum absolute atomic E-state index is 0.195. The third-order valence-electron chi connectivity index (χ3n) is 2.53. The van der Waals surface area contributed by atoms with Crippen molar-refractivity contribution in [2.24, 2.45) is 5.73 Å². The molecule has 6 heteroatoms. The molecule has 1 unspecified atom stereocenters. The Balaban J connectivity index is 2.08. The number of benzene rings is 1. The zero-order valence-electron chi connectivity index (χ0n) is 10.3. The van der Waals surface area contributed by atoms with Crippen molar-refractivity contribution in [1.29, 1.82) is 0 Å². The van der Waals surface area contributed by atoms with Gasteiger partial charge in [-0.05, 0) is 47.1 Å². The highest BCUT2D eigenvalue weighted by molar-refractivity contribution is 9.10. The van der Waals surface area contributed by atoms with Gasteiger partial charge in [-0.3, -0.25) is 0 Å². The van der Waals surface area contributed by atoms with Crippen molar-refractivity contribution in [1.82, 2.24) is 0 Å². The molecule has 0 saturated carbocycles. The summed E-state index contributed by atoms with van der Waals surface area (Å²) in [4.78, 5) is 12.0. The topological polar surface area (TPSA) is 67.2 Å². The van der Waals surface area contributed by atoms with Crippen LogP contribution in [0.3, 0.4) is 0 Å². The SMILES string of the molecule is CC(Nc1cccc(NC(N)=O)c1)c1cc(Br)cs1. The number of hydrogen-bond acceptors (Lipinski definition) is 3. The van der Waals surface area contributed by atoms with E-state index in [1.165, 1.54) is 4.88 Å². The lowest BCUT2D eigenvalue weighted by molar-refractivity contribution is 0.259. The highest BCUT2D eigenvalue weighted by Crippen LogP contribution is 2.28. The number of anilines is 2. The zero-order valence-corrected chi connectivity index (χ0v) is 12.7. The summed E-state index contributed by atoms with van der Waals surface area (Å²) in [6, 6.07) is 9.18. The number of urea groups is 1. The fourth-order valence-electron chi connectivity index (χ4n) is 1.71. The average molecular weight is 340 g/mol. The summed E-state index contributed by atoms with van der Waals surface area (Å²) in [5.41, 5.74) is 6.71. The lowest BCUT2D eigenvalue weighted by atomic mass is 10.2. The summed E-state index contributed by atoms with van der Waals surface area (Å²) >= 11 is 5.14. The van der Waals surface area contributed by atoms with Crippen molar-refractivity contribution in [2.75, 3.05) is 10.6 Å². The lowest BCUT2D eigenvalue weighted by Crippen LogP contribution is -2.19. The van der Waals surface area contributed by atoms with Gasteiger partial charge >= 0.3 is 6.03 Å². The van der Waals surface area contributed by atoms with Crippen molar-refractivity contribution < 1.29 is 4.79 Å². The van der Waals surface area contributed by atoms with Crippen LogP contribution in [0.25, 0.3) is 0 Å². The zero-order chi connectivity index (χ0) is 13.8. The number of rotatable bonds is 4. The van der Waals surface area contributed by atoms with Gasteiger partial charge in [-0.2, -0.15) is 0 Å². The van der Waals surface area contributed by atoms with Gasteiger partial charge in [0.25, 0.3) is 0 Å². The molecule has 0 saturated heterocycles. The lowest BCUT2D eigenvalue weighted by Gasteiger charge is -2.14. The maximum absolute atomic E-state index is 10.8. The number of thiophene rings is 1. The molecule has 2 aromatic rings. The normalized spacial score (nSPS) is 11.9. The van der Waals surface area contributed by atoms with Gasteiger partial charge in [0.15, 0.2) is 0 Å². The Hall–Kier alpha value is -1.53. The maximum atomic E-state index is 10.8. The molecule has 2 rings (SSSR count). The number of carbonyl (C=O) groups excluding carboxylic acids is 1. The van der Waals surface area contributed by atoms with Crippen molar-refractivity contribution in [3.8, 4) is 0 Å². The fourth-order valence-corrected chi connectivity index (χ4v) is 3.16. The van der Waals surface area contributed by atoms with Crippen molar-refractivity contribution in [3.05, 3.63) is 45.1 Å². The molecule has 1 aromatic heterocycles. The molecular weight excluding hydrogens is 326 g/mol. The molecule has 1 heterocycles. The molecule has 4 N–H and O–H groups in total. The molecule has 1 aromatic carbocycles. The molecule has 2 amide bonds. The number of carbonyl (C=O) groups is 1. The Morgan fingerprint density at radius 2 is 2.11 bits per heavy atom. The summed E-state index contributed by atoms with van der Waals surface area (Å²) in [5, 5.41) is 7.99. The van der Waals surface area contributed by atoms with Crippen molar-refractivity contribution in [2.45, 2.75) is 13.0 Å². The van der Waals surface area contributed by atoms with E-state index in [0.717, 1.165) is 10.2 Å². The molecular formula is C13H14BrN3OS. The van der Waals surface area contributed by atoms with Gasteiger partial charge in [0, 0.05) is 26.1 Å². The summed E-state index contributed by atoms with van der Waals surface area (Å²) in [6.07, 6.45) is 0. The molecule has 1 atom stereocenters. The van der Waals surface area contributed by atoms with Crippen molar-refractivity contribution >= 4 is 44.7 Å². The predicted octanol–water partition coefficient (Wildman–Crippen LogP) is 4.17. The first-order valence-corrected chi connectivity index (χ1v) is 7.39. The third-order valence-corrected chi connectivity index (χ3v) is 4.40. The molecule has 4 nitrogen and oxygen atoms in total. The largest absolute Gasteiger partial charge is 0.378 e. The number of nitrogens with one attached hydrogen (secondary N) is 2. The van der Waals surface area contributed by atoms with Gasteiger partial charge in [0.05, 0.1) is 6.04 Å². The Bertz CT molecular complexity index is 585. The fraction of sp³-hybridized carbons (Fsp3) is 0.154. The smallest absolute Gasteiger partial charge is 0.316 e. The van der Waals surface area contributed by atoms with Gasteiger partial charge in [-0.25, -0.2) is 4.79 Å². The molecule has 0 aliphatic heterocycles. The van der Waals surface area contributed by atoms with Gasteiger partial charge < -0.3 is 16.4 Å². The molecule has 19 heavy (non-hydrogen) atoms. The number of hydrogen-bond donors (Lipinski definition) is 3. The number of primary amides is 1. The van der Waals surface area contributed by atoms with Crippen LogP contribution >= 0.6 is 27.3 Å². The van der Waals surface area contributed by atoms with E-state index in [-0.39, 0.29) is 6.04 Å². The summed E-state index contributed by atoms with van der Waals surface area (Å²) in [5.74, 6) is 0. The molecule has 0 fully saturated rings. The number of amides is 2. The molecule has 0 aliphatic rings. The van der Waals surface area contributed by atoms with Crippen LogP contribution < -0.4 is 16.4 Å². The van der Waals surface area contributed by atoms with E-state index in [4.69, 9.17) is 5.73 Å². The molecule has 0 aliphatic carbocycles. The second kappa shape index (κ2) is 6.08. The maximum Gasteiger partial charge on any atom is 0.316 e. The van der Waals surface area contributed by atoms with Crippen LogP contribution in [0.2, 0.25) is 0 Å². The molecule has 0 radical (unpaired) electrons. The van der Waals surface area contributed by atoms with E-state index < -0.39 is 6.03 Å². The van der Waals surface area contributed by atoms with Gasteiger partial charge in [-0.1, -0.05) is 6.07 Å². The second-order valence-electron chi connectivity index (χ2n) is 4.10. The standard InChI is InChI=1S/C13H14BrN3OS/c1-8(12-5-9(14)7-19-12)16-10-3-2-4-11(6-10)17-13(15)18/h2-8,16H,1H3,(H3,15,17,18). The van der Waals surface area contributed by atoms with Crippen LogP contribution in [0.5, 0.6) is 0 Å². The van der Waals surface area contributed by atoms with Crippen LogP contribution in [-0.4, -0.2) is 6.03 Å². The Morgan fingerprint density at radius 3 is 2.74 bits per heavy atom. The third kappa shape index (κ3) is 3.97. The number of halogens is 1. The Labute approximate surface area is 124 Å². The minimum atomic E-state index is -0.563. The summed E-state index contributed by atoms with van der Waals surface area (Å²) in [7, 11) is 0. The van der Waals surface area contributed by atoms with Gasteiger partial charge in [0.1, 0.15) is 0 Å². The van der Waals surface area contributed by atoms with E-state index in [2.05, 4.69) is 44.9 Å². The van der Waals surface area contributed by atoms with E-state index in [9.17, 15) is 4.79 Å². The second-order valence-corrected chi connectivity index (χ2v) is 5.96. The van der Waals surface area contributed by atoms with Gasteiger partial charge in [-0.15, -0.1) is 11.3 Å². The molecule has 0 bridgehead atoms. The quantitative estimate of drug-likeness (QED) is 0.782. The molecule has 100 valence electrons. The Morgan fingerprint density at radius 1 is 1.37 bits per heavy atom. The van der Waals surface area contributed by atoms with Crippen LogP contribution in [0, 0.1) is 0 Å². The monoisotopic (exact) mass is 339 g/mol. The number of nitrogens with two attached hydrogens (primary N) is 1. The van der Waals surface area contributed by atoms with E-state index in [0.29, 0.717) is 5.69 Å². The van der Waals surface area contributed by atoms with Crippen LogP contribution in [0.4, 0.5) is 16.2 Å². The average Bonchev–Trinajstić information content (AvgIpc) is 2.75. The Kier molecular flexibility index (Phi) is 4.44. The van der Waals surface area contributed by atoms with Crippen LogP contribution in [-0.2, 0) is 0 Å². The first-order chi connectivity index (χ1) is 9.04. The predicted molar refractivity (Wildman–Crippen MR) is 83.7 cm³/mol. The minimum Gasteiger partial charge on any atom is -0.378 e. The summed E-state index contributed by atoms with van der Waals surface area (Å²) < 4.78 is 1.09. The van der Waals surface area contributed by atoms with E-state index >= 15 is 0 Å². The van der Waals surface area contributed by atoms with Crippen LogP contribution in [0.15, 0.2) is 40.2 Å². The van der Waals surface area contributed by atoms with Crippen LogP contribution in [0.1, 0.15) is 17.8 Å². The summed E-state index contributed by atoms with van der Waals surface area (Å²) in [6.45, 7) is 2.09. The van der Waals surface area contributed by atoms with E-state index in [1.807, 2.05) is 18.2 Å². The molecule has 0 spiro atoms. The van der Waals surface area contributed by atoms with Gasteiger partial charge in [0.2, 0.25) is 0 Å². The van der Waals surface area contributed by atoms with Crippen molar-refractivity contribution in [3.63, 3.8) is 0 Å². The first kappa shape index (κ1) is 13.9. The first-order valence-electron chi connectivity index (χ1n) is 5.71. The highest BCUT2D eigenvalue weighted by atomic mass is 79.9. The highest BCUT2D eigenvalue weighted by Gasteiger charge is 2.08. The van der Waals surface area contributed by atoms with E-state index in [1.54, 1.807) is 17.4 Å².